The summed E-state index contributed by atoms with van der Waals surface area (Å²) in [6.45, 7) is 0. The molecule has 2 N–H and O–H groups in total. The fourth-order valence-corrected chi connectivity index (χ4v) is 3.63. The van der Waals surface area contributed by atoms with E-state index in [1.807, 2.05) is 6.07 Å². The van der Waals surface area contributed by atoms with Gasteiger partial charge in [0.1, 0.15) is 5.75 Å². The lowest BCUT2D eigenvalue weighted by atomic mass is 10.1. The summed E-state index contributed by atoms with van der Waals surface area (Å²) < 4.78 is 27.5. The molecule has 5 heteroatoms. The van der Waals surface area contributed by atoms with Crippen molar-refractivity contribution in [3.63, 3.8) is 0 Å². The van der Waals surface area contributed by atoms with Gasteiger partial charge in [-0.25, -0.2) is 4.39 Å². The van der Waals surface area contributed by atoms with E-state index >= 15 is 0 Å². The maximum atomic E-state index is 14.8. The monoisotopic (exact) mass is 327 g/mol. The van der Waals surface area contributed by atoms with Crippen LogP contribution in [0.1, 0.15) is 0 Å². The topological polar surface area (TPSA) is 57.5 Å². The molecule has 0 saturated heterocycles. The number of hydrogen-bond acceptors (Lipinski definition) is 3. The minimum Gasteiger partial charge on any atom is -0.508 e. The van der Waals surface area contributed by atoms with Gasteiger partial charge in [-0.2, -0.15) is 0 Å². The first-order valence-electron chi connectivity index (χ1n) is 6.91. The molecular formula is C18H13FO3P+. The molecule has 0 aliphatic heterocycles. The van der Waals surface area contributed by atoms with Crippen molar-refractivity contribution in [2.24, 2.45) is 0 Å². The summed E-state index contributed by atoms with van der Waals surface area (Å²) in [4.78, 5) is 0. The van der Waals surface area contributed by atoms with Gasteiger partial charge in [-0.05, 0) is 23.8 Å². The first-order chi connectivity index (χ1) is 11.1. The quantitative estimate of drug-likeness (QED) is 0.570. The Morgan fingerprint density at radius 3 is 2.30 bits per heavy atom. The van der Waals surface area contributed by atoms with Gasteiger partial charge in [0.25, 0.3) is 0 Å². The number of halogens is 1. The van der Waals surface area contributed by atoms with Crippen LogP contribution in [0.15, 0.2) is 66.7 Å². The fraction of sp³-hybridized carbons (Fsp3) is 0. The van der Waals surface area contributed by atoms with E-state index in [1.165, 1.54) is 24.3 Å². The van der Waals surface area contributed by atoms with Gasteiger partial charge in [-0.15, -0.1) is 0 Å². The second-order valence-electron chi connectivity index (χ2n) is 4.97. The van der Waals surface area contributed by atoms with Crippen LogP contribution in [0.5, 0.6) is 11.5 Å². The van der Waals surface area contributed by atoms with E-state index in [9.17, 15) is 19.2 Å². The molecule has 23 heavy (non-hydrogen) atoms. The van der Waals surface area contributed by atoms with Crippen LogP contribution >= 0.6 is 7.80 Å². The number of aromatic hydroxyl groups is 2. The first kappa shape index (κ1) is 15.2. The summed E-state index contributed by atoms with van der Waals surface area (Å²) in [5.74, 6) is -0.975. The van der Waals surface area contributed by atoms with E-state index in [0.717, 1.165) is 0 Å². The van der Waals surface area contributed by atoms with Crippen LogP contribution in [0, 0.1) is 5.82 Å². The molecule has 0 radical (unpaired) electrons. The normalized spacial score (nSPS) is 11.3. The van der Waals surface area contributed by atoms with Crippen LogP contribution in [0.4, 0.5) is 4.39 Å². The minimum absolute atomic E-state index is 0.00381. The van der Waals surface area contributed by atoms with Crippen molar-refractivity contribution in [3.8, 4) is 22.6 Å². The molecule has 0 aliphatic carbocycles. The van der Waals surface area contributed by atoms with Gasteiger partial charge in [0, 0.05) is 11.6 Å². The number of phenolic OH excluding ortho intramolecular Hbond substituents is 2. The molecule has 0 spiro atoms. The Morgan fingerprint density at radius 2 is 1.57 bits per heavy atom. The van der Waals surface area contributed by atoms with E-state index in [1.54, 1.807) is 36.4 Å². The largest absolute Gasteiger partial charge is 0.508 e. The van der Waals surface area contributed by atoms with Crippen molar-refractivity contribution in [2.75, 3.05) is 0 Å². The molecule has 0 fully saturated rings. The lowest BCUT2D eigenvalue weighted by molar-refractivity contribution is 0.463. The highest BCUT2D eigenvalue weighted by atomic mass is 31.1. The van der Waals surface area contributed by atoms with E-state index in [-0.39, 0.29) is 22.1 Å². The predicted molar refractivity (Wildman–Crippen MR) is 88.5 cm³/mol. The Balaban J connectivity index is 2.11. The highest BCUT2D eigenvalue weighted by molar-refractivity contribution is 7.61. The molecule has 3 aromatic carbocycles. The van der Waals surface area contributed by atoms with Gasteiger partial charge in [-0.3, -0.25) is 0 Å². The molecule has 1 unspecified atom stereocenters. The van der Waals surface area contributed by atoms with Crippen molar-refractivity contribution in [1.82, 2.24) is 0 Å². The molecule has 0 aromatic heterocycles. The van der Waals surface area contributed by atoms with Crippen LogP contribution in [-0.4, -0.2) is 10.2 Å². The van der Waals surface area contributed by atoms with Gasteiger partial charge in [-0.1, -0.05) is 47.0 Å². The third-order valence-electron chi connectivity index (χ3n) is 3.46. The van der Waals surface area contributed by atoms with Crippen LogP contribution in [0.25, 0.3) is 11.1 Å². The minimum atomic E-state index is -2.37. The Hall–Kier alpha value is -2.71. The zero-order chi connectivity index (χ0) is 16.4. The second-order valence-corrected chi connectivity index (χ2v) is 6.52. The van der Waals surface area contributed by atoms with Crippen LogP contribution < -0.4 is 10.6 Å². The summed E-state index contributed by atoms with van der Waals surface area (Å²) in [5.41, 5.74) is 1.02. The predicted octanol–water partition coefficient (Wildman–Crippen LogP) is 3.68. The van der Waals surface area contributed by atoms with Crippen LogP contribution in [0.2, 0.25) is 0 Å². The number of benzene rings is 3. The highest BCUT2D eigenvalue weighted by Gasteiger charge is 2.32. The zero-order valence-electron chi connectivity index (χ0n) is 12.0. The SMILES string of the molecule is O=[P+](c1cc(O)ccc1O)c1cccc(-c2ccccc2)c1F. The third kappa shape index (κ3) is 2.94. The number of hydrogen-bond donors (Lipinski definition) is 2. The smallest absolute Gasteiger partial charge is 0.422 e. The average molecular weight is 327 g/mol. The summed E-state index contributed by atoms with van der Waals surface area (Å²) in [6, 6.07) is 17.3. The van der Waals surface area contributed by atoms with Crippen LogP contribution in [0.3, 0.4) is 0 Å². The van der Waals surface area contributed by atoms with Crippen molar-refractivity contribution in [1.29, 1.82) is 0 Å². The zero-order valence-corrected chi connectivity index (χ0v) is 12.9. The molecular weight excluding hydrogens is 314 g/mol. The highest BCUT2D eigenvalue weighted by Crippen LogP contribution is 2.31. The lowest BCUT2D eigenvalue weighted by Crippen LogP contribution is -2.12. The molecule has 0 heterocycles. The Kier molecular flexibility index (Phi) is 4.09. The van der Waals surface area contributed by atoms with Gasteiger partial charge in [0.05, 0.1) is 0 Å². The standard InChI is InChI=1S/C18H12FO3P/c19-18-14(12-5-2-1-3-6-12)7-4-8-16(18)23(22)17-11-13(20)9-10-15(17)21/h1-11H,(H-,20,21,22)/p+1. The Labute approximate surface area is 133 Å². The molecule has 3 aromatic rings. The summed E-state index contributed by atoms with van der Waals surface area (Å²) in [6.07, 6.45) is 0. The van der Waals surface area contributed by atoms with Gasteiger partial charge >= 0.3 is 7.80 Å². The summed E-state index contributed by atoms with van der Waals surface area (Å²) in [7, 11) is -2.37. The maximum Gasteiger partial charge on any atom is 0.422 e. The number of phenols is 2. The summed E-state index contributed by atoms with van der Waals surface area (Å²) >= 11 is 0. The molecule has 0 bridgehead atoms. The van der Waals surface area contributed by atoms with Crippen molar-refractivity contribution < 1.29 is 19.2 Å². The molecule has 3 rings (SSSR count). The first-order valence-corrected chi connectivity index (χ1v) is 8.17. The lowest BCUT2D eigenvalue weighted by Gasteiger charge is -2.03. The van der Waals surface area contributed by atoms with E-state index in [2.05, 4.69) is 0 Å². The maximum absolute atomic E-state index is 14.8. The van der Waals surface area contributed by atoms with Gasteiger partial charge < -0.3 is 10.2 Å². The molecule has 1 atom stereocenters. The van der Waals surface area contributed by atoms with Gasteiger partial charge in [0.2, 0.25) is 10.6 Å². The average Bonchev–Trinajstić information content (AvgIpc) is 2.57. The second kappa shape index (κ2) is 6.19. The third-order valence-corrected chi connectivity index (χ3v) is 5.04. The molecule has 114 valence electrons. The van der Waals surface area contributed by atoms with Crippen molar-refractivity contribution in [2.45, 2.75) is 0 Å². The molecule has 0 aliphatic rings. The Bertz CT molecular complexity index is 879. The summed E-state index contributed by atoms with van der Waals surface area (Å²) in [5, 5.41) is 19.3. The number of rotatable bonds is 3. The van der Waals surface area contributed by atoms with E-state index in [0.29, 0.717) is 11.1 Å². The Morgan fingerprint density at radius 1 is 0.826 bits per heavy atom. The van der Waals surface area contributed by atoms with Crippen molar-refractivity contribution >= 4 is 18.4 Å². The van der Waals surface area contributed by atoms with E-state index < -0.39 is 13.6 Å². The fourth-order valence-electron chi connectivity index (χ4n) is 2.32. The van der Waals surface area contributed by atoms with E-state index in [4.69, 9.17) is 0 Å². The van der Waals surface area contributed by atoms with Gasteiger partial charge in [0.15, 0.2) is 11.6 Å². The van der Waals surface area contributed by atoms with Crippen LogP contribution in [-0.2, 0) is 4.57 Å². The molecule has 3 nitrogen and oxygen atoms in total. The van der Waals surface area contributed by atoms with Crippen molar-refractivity contribution in [3.05, 3.63) is 72.5 Å². The molecule has 0 amide bonds. The molecule has 0 saturated carbocycles.